The van der Waals surface area contributed by atoms with Crippen molar-refractivity contribution in [2.24, 2.45) is 0 Å². The summed E-state index contributed by atoms with van der Waals surface area (Å²) in [5.74, 6) is -0.214. The molecule has 0 radical (unpaired) electrons. The normalized spacial score (nSPS) is 11.1. The van der Waals surface area contributed by atoms with Crippen molar-refractivity contribution < 1.29 is 18.3 Å². The van der Waals surface area contributed by atoms with E-state index in [0.717, 1.165) is 34.3 Å². The fraction of sp³-hybridized carbons (Fsp3) is 0.111. The zero-order valence-corrected chi connectivity index (χ0v) is 18.6. The smallest absolute Gasteiger partial charge is 0.169 e. The lowest BCUT2D eigenvalue weighted by Crippen LogP contribution is -2.01. The van der Waals surface area contributed by atoms with Crippen LogP contribution >= 0.6 is 0 Å². The van der Waals surface area contributed by atoms with Crippen LogP contribution in [0.1, 0.15) is 5.56 Å². The van der Waals surface area contributed by atoms with E-state index in [1.807, 2.05) is 53.4 Å². The van der Waals surface area contributed by atoms with E-state index in [2.05, 4.69) is 22.1 Å². The maximum atomic E-state index is 14.1. The minimum Gasteiger partial charge on any atom is -0.497 e. The van der Waals surface area contributed by atoms with Crippen LogP contribution in [0.3, 0.4) is 0 Å². The monoisotopic (exact) mass is 457 g/mol. The van der Waals surface area contributed by atoms with Gasteiger partial charge in [-0.25, -0.2) is 18.7 Å². The van der Waals surface area contributed by atoms with E-state index >= 15 is 0 Å². The van der Waals surface area contributed by atoms with Gasteiger partial charge in [0.05, 0.1) is 25.5 Å². The van der Waals surface area contributed by atoms with E-state index in [1.165, 1.54) is 12.1 Å². The van der Waals surface area contributed by atoms with Crippen molar-refractivity contribution in [3.63, 3.8) is 0 Å². The minimum atomic E-state index is -0.945. The second-order valence-corrected chi connectivity index (χ2v) is 7.80. The molecular formula is C27H21F2N3O2. The van der Waals surface area contributed by atoms with Gasteiger partial charge in [-0.3, -0.25) is 0 Å². The highest BCUT2D eigenvalue weighted by Gasteiger charge is 2.17. The molecule has 0 saturated heterocycles. The Kier molecular flexibility index (Phi) is 5.67. The molecule has 0 bridgehead atoms. The van der Waals surface area contributed by atoms with Crippen molar-refractivity contribution in [2.45, 2.75) is 6.54 Å². The summed E-state index contributed by atoms with van der Waals surface area (Å²) in [6.07, 6.45) is 3.74. The van der Waals surface area contributed by atoms with Crippen LogP contribution in [0.4, 0.5) is 8.78 Å². The Morgan fingerprint density at radius 2 is 1.62 bits per heavy atom. The van der Waals surface area contributed by atoms with Crippen LogP contribution in [0.5, 0.6) is 11.5 Å². The van der Waals surface area contributed by atoms with Crippen molar-refractivity contribution in [1.29, 1.82) is 0 Å². The SMILES string of the molecule is COc1ccc(-c2ccc(Cn3ccc4nc(-c5cccc(F)c5F)nc-4c3)cc2)c(OC)c1. The van der Waals surface area contributed by atoms with Crippen LogP contribution in [0.25, 0.3) is 33.9 Å². The maximum absolute atomic E-state index is 14.1. The summed E-state index contributed by atoms with van der Waals surface area (Å²) in [5.41, 5.74) is 4.39. The molecule has 170 valence electrons. The number of methoxy groups -OCH3 is 2. The first kappa shape index (κ1) is 21.6. The third-order valence-corrected chi connectivity index (χ3v) is 5.66. The Bertz CT molecular complexity index is 1430. The van der Waals surface area contributed by atoms with E-state index in [0.29, 0.717) is 17.9 Å². The van der Waals surface area contributed by atoms with E-state index < -0.39 is 11.6 Å². The van der Waals surface area contributed by atoms with Gasteiger partial charge in [-0.15, -0.1) is 0 Å². The van der Waals surface area contributed by atoms with Gasteiger partial charge in [-0.05, 0) is 41.5 Å². The van der Waals surface area contributed by atoms with Gasteiger partial charge >= 0.3 is 0 Å². The topological polar surface area (TPSA) is 49.2 Å². The lowest BCUT2D eigenvalue weighted by Gasteiger charge is -2.12. The van der Waals surface area contributed by atoms with Crippen molar-refractivity contribution in [3.8, 4) is 45.4 Å². The quantitative estimate of drug-likeness (QED) is 0.311. The van der Waals surface area contributed by atoms with Crippen LogP contribution in [0, 0.1) is 11.6 Å². The van der Waals surface area contributed by atoms with Crippen LogP contribution < -0.4 is 9.47 Å². The Morgan fingerprint density at radius 1 is 0.824 bits per heavy atom. The molecular weight excluding hydrogens is 436 g/mol. The first-order chi connectivity index (χ1) is 16.6. The molecule has 0 amide bonds. The predicted molar refractivity (Wildman–Crippen MR) is 126 cm³/mol. The summed E-state index contributed by atoms with van der Waals surface area (Å²) in [5, 5.41) is 0. The highest BCUT2D eigenvalue weighted by Crippen LogP contribution is 2.33. The molecule has 2 heterocycles. The molecule has 0 aromatic heterocycles. The maximum Gasteiger partial charge on any atom is 0.169 e. The summed E-state index contributed by atoms with van der Waals surface area (Å²) in [6, 6.07) is 19.8. The van der Waals surface area contributed by atoms with Gasteiger partial charge in [0.2, 0.25) is 0 Å². The minimum absolute atomic E-state index is 0.0484. The summed E-state index contributed by atoms with van der Waals surface area (Å²) in [4.78, 5) is 8.77. The number of hydrogen-bond donors (Lipinski definition) is 0. The number of nitrogens with zero attached hydrogens (tertiary/aromatic N) is 3. The van der Waals surface area contributed by atoms with Gasteiger partial charge in [0.1, 0.15) is 17.2 Å². The van der Waals surface area contributed by atoms with Crippen LogP contribution in [-0.2, 0) is 6.54 Å². The number of hydrogen-bond acceptors (Lipinski definition) is 4. The number of ether oxygens (including phenoxy) is 2. The van der Waals surface area contributed by atoms with Crippen LogP contribution in [-0.4, -0.2) is 28.8 Å². The van der Waals surface area contributed by atoms with Crippen molar-refractivity contribution >= 4 is 0 Å². The van der Waals surface area contributed by atoms with Crippen molar-refractivity contribution in [2.75, 3.05) is 14.2 Å². The van der Waals surface area contributed by atoms with Gasteiger partial charge in [0, 0.05) is 30.6 Å². The molecule has 0 fully saturated rings. The molecule has 7 heteroatoms. The molecule has 3 aromatic rings. The lowest BCUT2D eigenvalue weighted by molar-refractivity contribution is 0.395. The standard InChI is InChI=1S/C27H21F2N3O2/c1-33-19-10-11-20(25(14-19)34-2)18-8-6-17(7-9-18)15-32-13-12-23-24(16-32)31-27(30-23)21-4-3-5-22(28)26(21)29/h3-14,16H,15H2,1-2H3. The van der Waals surface area contributed by atoms with Crippen molar-refractivity contribution in [1.82, 2.24) is 14.5 Å². The number of halogens is 2. The van der Waals surface area contributed by atoms with Crippen molar-refractivity contribution in [3.05, 3.63) is 96.3 Å². The average Bonchev–Trinajstić information content (AvgIpc) is 3.29. The molecule has 0 unspecified atom stereocenters. The number of rotatable bonds is 6. The predicted octanol–water partition coefficient (Wildman–Crippen LogP) is 6.06. The molecule has 0 saturated carbocycles. The van der Waals surface area contributed by atoms with E-state index in [1.54, 1.807) is 14.2 Å². The third-order valence-electron chi connectivity index (χ3n) is 5.66. The summed E-state index contributed by atoms with van der Waals surface area (Å²) >= 11 is 0. The molecule has 2 aliphatic heterocycles. The van der Waals surface area contributed by atoms with E-state index in [-0.39, 0.29) is 11.4 Å². The second-order valence-electron chi connectivity index (χ2n) is 7.80. The molecule has 2 aliphatic rings. The average molecular weight is 457 g/mol. The first-order valence-corrected chi connectivity index (χ1v) is 10.6. The number of pyridine rings is 1. The third kappa shape index (κ3) is 4.08. The molecule has 0 spiro atoms. The van der Waals surface area contributed by atoms with Gasteiger partial charge in [-0.1, -0.05) is 30.3 Å². The molecule has 0 aliphatic carbocycles. The van der Waals surface area contributed by atoms with E-state index in [9.17, 15) is 8.78 Å². The van der Waals surface area contributed by atoms with Gasteiger partial charge < -0.3 is 14.0 Å². The Balaban J connectivity index is 1.39. The Morgan fingerprint density at radius 3 is 2.38 bits per heavy atom. The summed E-state index contributed by atoms with van der Waals surface area (Å²) in [6.45, 7) is 0.618. The summed E-state index contributed by atoms with van der Waals surface area (Å²) in [7, 11) is 3.26. The number of benzene rings is 3. The molecule has 0 atom stereocenters. The molecule has 0 N–H and O–H groups in total. The summed E-state index contributed by atoms with van der Waals surface area (Å²) < 4.78 is 40.5. The molecule has 5 nitrogen and oxygen atoms in total. The fourth-order valence-corrected chi connectivity index (χ4v) is 3.88. The zero-order valence-electron chi connectivity index (χ0n) is 18.6. The molecule has 34 heavy (non-hydrogen) atoms. The second kappa shape index (κ2) is 8.94. The van der Waals surface area contributed by atoms with E-state index in [4.69, 9.17) is 9.47 Å². The Labute approximate surface area is 195 Å². The van der Waals surface area contributed by atoms with Gasteiger partial charge in [0.25, 0.3) is 0 Å². The number of fused-ring (bicyclic) bond motifs is 1. The zero-order chi connectivity index (χ0) is 23.7. The lowest BCUT2D eigenvalue weighted by atomic mass is 10.0. The largest absolute Gasteiger partial charge is 0.497 e. The number of imidazole rings is 1. The van der Waals surface area contributed by atoms with Gasteiger partial charge in [0.15, 0.2) is 17.5 Å². The molecule has 5 rings (SSSR count). The van der Waals surface area contributed by atoms with Crippen LogP contribution in [0.15, 0.2) is 79.1 Å². The van der Waals surface area contributed by atoms with Gasteiger partial charge in [-0.2, -0.15) is 0 Å². The fourth-order valence-electron chi connectivity index (χ4n) is 3.88. The highest BCUT2D eigenvalue weighted by atomic mass is 19.2. The van der Waals surface area contributed by atoms with Crippen LogP contribution in [0.2, 0.25) is 0 Å². The number of aromatic nitrogens is 3. The Hall–Kier alpha value is -4.26. The first-order valence-electron chi connectivity index (χ1n) is 10.6. The molecule has 3 aromatic carbocycles. The highest BCUT2D eigenvalue weighted by molar-refractivity contribution is 5.72.